The van der Waals surface area contributed by atoms with Crippen molar-refractivity contribution in [3.05, 3.63) is 82.9 Å². The summed E-state index contributed by atoms with van der Waals surface area (Å²) in [4.78, 5) is 17.2. The summed E-state index contributed by atoms with van der Waals surface area (Å²) >= 11 is 0. The third kappa shape index (κ3) is 5.84. The molecule has 3 aromatic carbocycles. The van der Waals surface area contributed by atoms with Gasteiger partial charge in [-0.3, -0.25) is 9.98 Å². The predicted octanol–water partition coefficient (Wildman–Crippen LogP) is 5.59. The molecule has 0 aliphatic carbocycles. The van der Waals surface area contributed by atoms with Gasteiger partial charge in [0.2, 0.25) is 0 Å². The Labute approximate surface area is 238 Å². The topological polar surface area (TPSA) is 54.7 Å². The highest BCUT2D eigenvalue weighted by atomic mass is 16.3. The number of aryl methyl sites for hydroxylation is 1. The van der Waals surface area contributed by atoms with Crippen molar-refractivity contribution in [2.24, 2.45) is 9.98 Å². The number of anilines is 2. The molecular weight excluding hydrogens is 494 g/mol. The Bertz CT molecular complexity index is 1400. The van der Waals surface area contributed by atoms with Crippen LogP contribution in [0.2, 0.25) is 0 Å². The van der Waals surface area contributed by atoms with E-state index in [4.69, 9.17) is 9.98 Å². The highest BCUT2D eigenvalue weighted by molar-refractivity contribution is 6.08. The lowest BCUT2D eigenvalue weighted by Crippen LogP contribution is -2.44. The van der Waals surface area contributed by atoms with Crippen molar-refractivity contribution in [3.63, 3.8) is 0 Å². The number of aliphatic imine (C=N–C) groups is 2. The molecule has 0 spiro atoms. The Morgan fingerprint density at radius 2 is 1.57 bits per heavy atom. The molecule has 0 aromatic heterocycles. The summed E-state index contributed by atoms with van der Waals surface area (Å²) in [5.74, 6) is 0. The number of aliphatic hydroxyl groups is 1. The third-order valence-corrected chi connectivity index (χ3v) is 8.63. The molecule has 3 aromatic rings. The van der Waals surface area contributed by atoms with Gasteiger partial charge < -0.3 is 19.8 Å². The van der Waals surface area contributed by atoms with Crippen LogP contribution < -0.4 is 9.80 Å². The molecule has 0 bridgehead atoms. The molecule has 40 heavy (non-hydrogen) atoms. The summed E-state index contributed by atoms with van der Waals surface area (Å²) in [5, 5.41) is 9.27. The van der Waals surface area contributed by atoms with Crippen LogP contribution in [0.25, 0.3) is 0 Å². The maximum Gasteiger partial charge on any atom is 0.0689 e. The van der Waals surface area contributed by atoms with E-state index in [0.717, 1.165) is 81.9 Å². The number of piperazine rings is 1. The first-order chi connectivity index (χ1) is 19.6. The van der Waals surface area contributed by atoms with Gasteiger partial charge in [-0.15, -0.1) is 0 Å². The van der Waals surface area contributed by atoms with Crippen LogP contribution in [0.3, 0.4) is 0 Å². The largest absolute Gasteiger partial charge is 0.395 e. The maximum atomic E-state index is 9.27. The van der Waals surface area contributed by atoms with E-state index < -0.39 is 0 Å². The van der Waals surface area contributed by atoms with Gasteiger partial charge >= 0.3 is 0 Å². The Balaban J connectivity index is 1.06. The van der Waals surface area contributed by atoms with Gasteiger partial charge in [-0.25, -0.2) is 0 Å². The summed E-state index contributed by atoms with van der Waals surface area (Å²) in [6.45, 7) is 8.26. The minimum Gasteiger partial charge on any atom is -0.395 e. The summed E-state index contributed by atoms with van der Waals surface area (Å²) in [5.41, 5.74) is 12.4. The molecule has 0 radical (unpaired) electrons. The molecule has 6 rings (SSSR count). The third-order valence-electron chi connectivity index (χ3n) is 8.63. The first-order valence-electron chi connectivity index (χ1n) is 14.9. The number of rotatable bonds is 10. The summed E-state index contributed by atoms with van der Waals surface area (Å²) < 4.78 is 0. The molecule has 6 heteroatoms. The van der Waals surface area contributed by atoms with Crippen molar-refractivity contribution in [3.8, 4) is 0 Å². The van der Waals surface area contributed by atoms with E-state index in [-0.39, 0.29) is 6.61 Å². The molecular formula is C34H41N5O. The van der Waals surface area contributed by atoms with E-state index >= 15 is 0 Å². The van der Waals surface area contributed by atoms with Gasteiger partial charge in [-0.1, -0.05) is 30.3 Å². The maximum absolute atomic E-state index is 9.27. The lowest BCUT2D eigenvalue weighted by molar-refractivity contribution is 0.302. The summed E-state index contributed by atoms with van der Waals surface area (Å²) in [6, 6.07) is 22.4. The first-order valence-corrected chi connectivity index (χ1v) is 14.9. The zero-order chi connectivity index (χ0) is 27.5. The van der Waals surface area contributed by atoms with Crippen LogP contribution in [0.4, 0.5) is 22.7 Å². The highest BCUT2D eigenvalue weighted by Gasteiger charge is 2.22. The van der Waals surface area contributed by atoms with Crippen molar-refractivity contribution in [2.45, 2.75) is 39.0 Å². The quantitative estimate of drug-likeness (QED) is 0.368. The van der Waals surface area contributed by atoms with Crippen molar-refractivity contribution in [1.29, 1.82) is 0 Å². The number of nitrogens with zero attached hydrogens (tertiary/aromatic N) is 5. The van der Waals surface area contributed by atoms with Crippen LogP contribution >= 0.6 is 0 Å². The lowest BCUT2D eigenvalue weighted by Gasteiger charge is -2.34. The average Bonchev–Trinajstić information content (AvgIpc) is 3.60. The fraction of sp³-hybridized carbons (Fsp3) is 0.412. The van der Waals surface area contributed by atoms with Gasteiger partial charge in [0.1, 0.15) is 0 Å². The molecule has 0 amide bonds. The van der Waals surface area contributed by atoms with Crippen LogP contribution in [0, 0.1) is 0 Å². The zero-order valence-corrected chi connectivity index (χ0v) is 23.9. The Kier molecular flexibility index (Phi) is 7.98. The van der Waals surface area contributed by atoms with Gasteiger partial charge in [0.25, 0.3) is 0 Å². The van der Waals surface area contributed by atoms with E-state index in [1.807, 2.05) is 0 Å². The van der Waals surface area contributed by atoms with Gasteiger partial charge in [0.15, 0.2) is 0 Å². The summed E-state index contributed by atoms with van der Waals surface area (Å²) in [7, 11) is 2.20. The molecule has 208 valence electrons. The monoisotopic (exact) mass is 535 g/mol. The molecule has 6 nitrogen and oxygen atoms in total. The van der Waals surface area contributed by atoms with Crippen LogP contribution in [0.15, 0.2) is 70.6 Å². The minimum atomic E-state index is 0.182. The van der Waals surface area contributed by atoms with Gasteiger partial charge in [0, 0.05) is 69.2 Å². The second-order valence-corrected chi connectivity index (χ2v) is 11.4. The van der Waals surface area contributed by atoms with Gasteiger partial charge in [-0.2, -0.15) is 0 Å². The van der Waals surface area contributed by atoms with Crippen molar-refractivity contribution >= 4 is 34.2 Å². The van der Waals surface area contributed by atoms with Gasteiger partial charge in [-0.05, 0) is 85.8 Å². The van der Waals surface area contributed by atoms with Crippen LogP contribution in [-0.2, 0) is 19.3 Å². The normalized spacial score (nSPS) is 16.5. The Hall–Kier alpha value is -3.48. The Morgan fingerprint density at radius 3 is 2.35 bits per heavy atom. The molecule has 0 atom stereocenters. The molecule has 3 aliphatic heterocycles. The number of hydrogen-bond donors (Lipinski definition) is 1. The van der Waals surface area contributed by atoms with Crippen LogP contribution in [0.1, 0.15) is 42.0 Å². The molecule has 1 saturated heterocycles. The number of fused-ring (bicyclic) bond motifs is 2. The van der Waals surface area contributed by atoms with E-state index in [0.29, 0.717) is 6.54 Å². The van der Waals surface area contributed by atoms with Crippen LogP contribution in [-0.4, -0.2) is 74.4 Å². The molecule has 0 saturated carbocycles. The van der Waals surface area contributed by atoms with Crippen molar-refractivity contribution < 1.29 is 5.11 Å². The number of likely N-dealkylation sites (N-methyl/N-ethyl adjacent to an activating group) is 2. The molecule has 0 unspecified atom stereocenters. The number of benzene rings is 3. The molecule has 3 heterocycles. The van der Waals surface area contributed by atoms with Gasteiger partial charge in [0.05, 0.1) is 23.7 Å². The Morgan fingerprint density at radius 1 is 0.825 bits per heavy atom. The second-order valence-electron chi connectivity index (χ2n) is 11.4. The predicted molar refractivity (Wildman–Crippen MR) is 168 cm³/mol. The fourth-order valence-electron chi connectivity index (χ4n) is 6.13. The highest BCUT2D eigenvalue weighted by Crippen LogP contribution is 2.35. The first kappa shape index (κ1) is 26.7. The zero-order valence-electron chi connectivity index (χ0n) is 23.9. The summed E-state index contributed by atoms with van der Waals surface area (Å²) in [6.07, 6.45) is 5.03. The minimum absolute atomic E-state index is 0.182. The smallest absolute Gasteiger partial charge is 0.0689 e. The SMILES string of the molecule is CCN(CCO)c1ccc(CCCC2=Nc3cc(C4=Nc5cc(N6CCN(C)CC6)ccc5C4)ccc3C2)cc1. The standard InChI is InChI=1S/C34H41N5O/c1-3-38(19-20-40)30-12-7-25(8-13-30)5-4-6-29-21-26-9-10-27(22-32(26)35-29)33-23-28-11-14-31(24-34(28)36-33)39-17-15-37(2)16-18-39/h7-14,22,24,40H,3-6,15-21,23H2,1-2H3. The molecule has 1 N–H and O–H groups in total. The van der Waals surface area contributed by atoms with Crippen molar-refractivity contribution in [2.75, 3.05) is 62.7 Å². The average molecular weight is 536 g/mol. The van der Waals surface area contributed by atoms with E-state index in [1.165, 1.54) is 39.3 Å². The number of aliphatic hydroxyl groups excluding tert-OH is 1. The molecule has 3 aliphatic rings. The van der Waals surface area contributed by atoms with Crippen molar-refractivity contribution in [1.82, 2.24) is 4.90 Å². The molecule has 1 fully saturated rings. The second kappa shape index (κ2) is 11.9. The van der Waals surface area contributed by atoms with Crippen LogP contribution in [0.5, 0.6) is 0 Å². The van der Waals surface area contributed by atoms with E-state index in [9.17, 15) is 5.11 Å². The lowest BCUT2D eigenvalue weighted by atomic mass is 10.00. The van der Waals surface area contributed by atoms with E-state index in [2.05, 4.69) is 89.3 Å². The fourth-order valence-corrected chi connectivity index (χ4v) is 6.13. The van der Waals surface area contributed by atoms with E-state index in [1.54, 1.807) is 0 Å². The number of hydrogen-bond acceptors (Lipinski definition) is 6.